The average Bonchev–Trinajstić information content (AvgIpc) is 2.66. The quantitative estimate of drug-likeness (QED) is 0.593. The minimum absolute atomic E-state index is 0.0420. The van der Waals surface area contributed by atoms with Crippen molar-refractivity contribution in [3.8, 4) is 0 Å². The second kappa shape index (κ2) is 8.00. The van der Waals surface area contributed by atoms with Crippen LogP contribution in [0.1, 0.15) is 38.0 Å². The molecule has 0 saturated carbocycles. The van der Waals surface area contributed by atoms with Crippen molar-refractivity contribution in [1.82, 2.24) is 0 Å². The molecule has 9 heteroatoms. The third-order valence-corrected chi connectivity index (χ3v) is 5.00. The van der Waals surface area contributed by atoms with Crippen LogP contribution >= 0.6 is 0 Å². The molecular weight excluding hydrogens is 374 g/mol. The first-order chi connectivity index (χ1) is 12.7. The number of rotatable bonds is 6. The van der Waals surface area contributed by atoms with Gasteiger partial charge in [0.05, 0.1) is 35.9 Å². The van der Waals surface area contributed by atoms with Crippen LogP contribution in [-0.2, 0) is 19.5 Å². The van der Waals surface area contributed by atoms with E-state index in [0.29, 0.717) is 0 Å². The van der Waals surface area contributed by atoms with E-state index in [1.54, 1.807) is 0 Å². The van der Waals surface area contributed by atoms with E-state index in [1.807, 2.05) is 0 Å². The second-order valence-electron chi connectivity index (χ2n) is 5.43. The highest BCUT2D eigenvalue weighted by Gasteiger charge is 2.21. The summed E-state index contributed by atoms with van der Waals surface area (Å²) >= 11 is 0. The molecule has 0 unspecified atom stereocenters. The van der Waals surface area contributed by atoms with Gasteiger partial charge in [0, 0.05) is 5.56 Å². The van der Waals surface area contributed by atoms with Gasteiger partial charge < -0.3 is 9.47 Å². The molecule has 0 radical (unpaired) electrons. The number of carbonyl (C=O) groups is 3. The van der Waals surface area contributed by atoms with Crippen LogP contribution in [0.15, 0.2) is 47.4 Å². The standard InChI is InChI=1S/C18H17NO7S/c1-11(20)12-5-4-6-14(9-12)27(23,24)19-16-10-13(17(21)25-2)7-8-15(16)18(22)26-3/h4-10,19H,1-3H3. The lowest BCUT2D eigenvalue weighted by Gasteiger charge is -2.13. The van der Waals surface area contributed by atoms with Crippen molar-refractivity contribution < 1.29 is 32.3 Å². The molecule has 8 nitrogen and oxygen atoms in total. The highest BCUT2D eigenvalue weighted by Crippen LogP contribution is 2.24. The highest BCUT2D eigenvalue weighted by molar-refractivity contribution is 7.92. The van der Waals surface area contributed by atoms with Gasteiger partial charge in [0.1, 0.15) is 0 Å². The van der Waals surface area contributed by atoms with Gasteiger partial charge in [-0.3, -0.25) is 9.52 Å². The first-order valence-corrected chi connectivity index (χ1v) is 9.12. The fourth-order valence-electron chi connectivity index (χ4n) is 2.25. The highest BCUT2D eigenvalue weighted by atomic mass is 32.2. The van der Waals surface area contributed by atoms with Gasteiger partial charge in [-0.25, -0.2) is 18.0 Å². The first kappa shape index (κ1) is 20.1. The Morgan fingerprint density at radius 2 is 1.56 bits per heavy atom. The van der Waals surface area contributed by atoms with Gasteiger partial charge in [-0.05, 0) is 37.3 Å². The van der Waals surface area contributed by atoms with Crippen molar-refractivity contribution in [3.63, 3.8) is 0 Å². The summed E-state index contributed by atoms with van der Waals surface area (Å²) in [6, 6.07) is 9.17. The third kappa shape index (κ3) is 4.50. The fourth-order valence-corrected chi connectivity index (χ4v) is 3.36. The summed E-state index contributed by atoms with van der Waals surface area (Å²) in [4.78, 5) is 35.0. The van der Waals surface area contributed by atoms with Crippen LogP contribution in [0, 0.1) is 0 Å². The number of ether oxygens (including phenoxy) is 2. The zero-order chi connectivity index (χ0) is 20.2. The molecule has 0 aliphatic carbocycles. The number of anilines is 1. The number of methoxy groups -OCH3 is 2. The molecule has 0 aliphatic heterocycles. The van der Waals surface area contributed by atoms with Crippen molar-refractivity contribution in [3.05, 3.63) is 59.2 Å². The number of esters is 2. The molecule has 0 saturated heterocycles. The van der Waals surface area contributed by atoms with Gasteiger partial charge in [0.25, 0.3) is 10.0 Å². The second-order valence-corrected chi connectivity index (χ2v) is 7.12. The van der Waals surface area contributed by atoms with Crippen molar-refractivity contribution in [2.75, 3.05) is 18.9 Å². The number of hydrogen-bond acceptors (Lipinski definition) is 7. The van der Waals surface area contributed by atoms with Crippen molar-refractivity contribution in [2.45, 2.75) is 11.8 Å². The van der Waals surface area contributed by atoms with E-state index in [9.17, 15) is 22.8 Å². The van der Waals surface area contributed by atoms with E-state index in [2.05, 4.69) is 14.2 Å². The largest absolute Gasteiger partial charge is 0.465 e. The Hall–Kier alpha value is -3.20. The zero-order valence-corrected chi connectivity index (χ0v) is 15.6. The van der Waals surface area contributed by atoms with Crippen molar-refractivity contribution >= 4 is 33.4 Å². The van der Waals surface area contributed by atoms with Gasteiger partial charge in [-0.2, -0.15) is 0 Å². The Bertz CT molecular complexity index is 1010. The average molecular weight is 391 g/mol. The monoisotopic (exact) mass is 391 g/mol. The number of ketones is 1. The van der Waals surface area contributed by atoms with Crippen LogP contribution in [0.3, 0.4) is 0 Å². The van der Waals surface area contributed by atoms with Crippen molar-refractivity contribution in [2.24, 2.45) is 0 Å². The van der Waals surface area contributed by atoms with Gasteiger partial charge in [-0.15, -0.1) is 0 Å². The summed E-state index contributed by atoms with van der Waals surface area (Å²) in [5, 5.41) is 0. The lowest BCUT2D eigenvalue weighted by Crippen LogP contribution is -2.17. The summed E-state index contributed by atoms with van der Waals surface area (Å²) in [6.07, 6.45) is 0. The zero-order valence-electron chi connectivity index (χ0n) is 14.8. The van der Waals surface area contributed by atoms with Gasteiger partial charge in [0.15, 0.2) is 5.78 Å². The van der Waals surface area contributed by atoms with Crippen LogP contribution in [0.2, 0.25) is 0 Å². The number of benzene rings is 2. The van der Waals surface area contributed by atoms with Gasteiger partial charge in [-0.1, -0.05) is 12.1 Å². The lowest BCUT2D eigenvalue weighted by atomic mass is 10.1. The minimum Gasteiger partial charge on any atom is -0.465 e. The SMILES string of the molecule is COC(=O)c1ccc(C(=O)OC)c(NS(=O)(=O)c2cccc(C(C)=O)c2)c1. The van der Waals surface area contributed by atoms with E-state index in [0.717, 1.165) is 7.11 Å². The summed E-state index contributed by atoms with van der Waals surface area (Å²) in [5.41, 5.74) is 0.0177. The van der Waals surface area contributed by atoms with Crippen molar-refractivity contribution in [1.29, 1.82) is 0 Å². The predicted molar refractivity (Wildman–Crippen MR) is 96.4 cm³/mol. The Labute approximate surface area is 156 Å². The summed E-state index contributed by atoms with van der Waals surface area (Å²) in [7, 11) is -1.83. The molecule has 0 atom stereocenters. The Kier molecular flexibility index (Phi) is 5.96. The van der Waals surface area contributed by atoms with E-state index >= 15 is 0 Å². The van der Waals surface area contributed by atoms with E-state index in [-0.39, 0.29) is 33.1 Å². The fraction of sp³-hybridized carbons (Fsp3) is 0.167. The topological polar surface area (TPSA) is 116 Å². The smallest absolute Gasteiger partial charge is 0.339 e. The van der Waals surface area contributed by atoms with Crippen LogP contribution in [0.4, 0.5) is 5.69 Å². The molecule has 1 N–H and O–H groups in total. The number of hydrogen-bond donors (Lipinski definition) is 1. The van der Waals surface area contributed by atoms with Gasteiger partial charge in [0.2, 0.25) is 0 Å². The Balaban J connectivity index is 2.53. The maximum atomic E-state index is 12.7. The minimum atomic E-state index is -4.14. The molecule has 0 aromatic heterocycles. The number of sulfonamides is 1. The molecule has 0 aliphatic rings. The molecule has 27 heavy (non-hydrogen) atoms. The van der Waals surface area contributed by atoms with E-state index in [4.69, 9.17) is 0 Å². The summed E-state index contributed by atoms with van der Waals surface area (Å²) in [5.74, 6) is -1.79. The molecule has 2 rings (SSSR count). The maximum Gasteiger partial charge on any atom is 0.339 e. The van der Waals surface area contributed by atoms with E-state index < -0.39 is 22.0 Å². The normalized spacial score (nSPS) is 10.8. The molecule has 0 amide bonds. The first-order valence-electron chi connectivity index (χ1n) is 7.64. The summed E-state index contributed by atoms with van der Waals surface area (Å²) < 4.78 is 36.9. The van der Waals surface area contributed by atoms with Crippen LogP contribution in [-0.4, -0.2) is 40.4 Å². The van der Waals surface area contributed by atoms with Crippen LogP contribution in [0.5, 0.6) is 0 Å². The molecular formula is C18H17NO7S. The molecule has 2 aromatic carbocycles. The summed E-state index contributed by atoms with van der Waals surface area (Å²) in [6.45, 7) is 1.31. The molecule has 0 spiro atoms. The number of Topliss-reactive ketones (excluding diaryl/α,β-unsaturated/α-hetero) is 1. The van der Waals surface area contributed by atoms with Gasteiger partial charge >= 0.3 is 11.9 Å². The molecule has 0 bridgehead atoms. The molecule has 0 fully saturated rings. The maximum absolute atomic E-state index is 12.7. The molecule has 2 aromatic rings. The number of carbonyl (C=O) groups excluding carboxylic acids is 3. The third-order valence-electron chi connectivity index (χ3n) is 3.64. The molecule has 0 heterocycles. The predicted octanol–water partition coefficient (Wildman–Crippen LogP) is 2.26. The van der Waals surface area contributed by atoms with Crippen LogP contribution < -0.4 is 4.72 Å². The van der Waals surface area contributed by atoms with Crippen LogP contribution in [0.25, 0.3) is 0 Å². The number of nitrogens with one attached hydrogen (secondary N) is 1. The Morgan fingerprint density at radius 3 is 2.15 bits per heavy atom. The Morgan fingerprint density at radius 1 is 0.889 bits per heavy atom. The lowest BCUT2D eigenvalue weighted by molar-refractivity contribution is 0.0587. The molecule has 142 valence electrons. The van der Waals surface area contributed by atoms with E-state index in [1.165, 1.54) is 56.5 Å².